The zero-order chi connectivity index (χ0) is 49.6. The van der Waals surface area contributed by atoms with Gasteiger partial charge in [0.25, 0.3) is 5.91 Å². The molecule has 3 atom stereocenters. The summed E-state index contributed by atoms with van der Waals surface area (Å²) in [6.07, 6.45) is -5.65. The Morgan fingerprint density at radius 3 is 1.83 bits per heavy atom. The number of nitrogens with two attached hydrogens (primary N) is 1. The van der Waals surface area contributed by atoms with Crippen molar-refractivity contribution in [2.45, 2.75) is 121 Å². The van der Waals surface area contributed by atoms with E-state index in [1.807, 2.05) is 0 Å². The number of nitrogens with one attached hydrogen (secondary N) is 4. The number of alkyl carbamates (subject to hydrolysis) is 1. The van der Waals surface area contributed by atoms with Gasteiger partial charge in [0.1, 0.15) is 13.2 Å². The Kier molecular flexibility index (Phi) is 15.5. The number of nitrogens with zero attached hydrogens (tertiary/aromatic N) is 1. The fourth-order valence-corrected chi connectivity index (χ4v) is 10.8. The predicted molar refractivity (Wildman–Crippen MR) is 251 cm³/mol. The van der Waals surface area contributed by atoms with Crippen LogP contribution in [0.2, 0.25) is 0 Å². The Bertz CT molecular complexity index is 2420. The first-order valence-electron chi connectivity index (χ1n) is 23.3. The van der Waals surface area contributed by atoms with Gasteiger partial charge in [-0.2, -0.15) is 13.2 Å². The van der Waals surface area contributed by atoms with Gasteiger partial charge < -0.3 is 35.7 Å². The van der Waals surface area contributed by atoms with Crippen LogP contribution in [-0.4, -0.2) is 81.6 Å². The number of hydrogen-bond acceptors (Lipinski definition) is 10. The van der Waals surface area contributed by atoms with Gasteiger partial charge in [0.15, 0.2) is 6.10 Å². The average Bonchev–Trinajstić information content (AvgIpc) is 3.29. The van der Waals surface area contributed by atoms with E-state index in [0.717, 1.165) is 19.3 Å². The van der Waals surface area contributed by atoms with Gasteiger partial charge in [-0.3, -0.25) is 25.2 Å². The van der Waals surface area contributed by atoms with Crippen molar-refractivity contribution in [2.24, 2.45) is 23.5 Å². The van der Waals surface area contributed by atoms with Crippen LogP contribution in [0.3, 0.4) is 0 Å². The van der Waals surface area contributed by atoms with Crippen LogP contribution in [0, 0.1) is 23.2 Å². The number of hydrogen-bond donors (Lipinski definition) is 6. The Morgan fingerprint density at radius 2 is 1.32 bits per heavy atom. The molecule has 4 fully saturated rings. The maximum atomic E-state index is 15.7. The molecule has 3 amide bonds. The second-order valence-corrected chi connectivity index (χ2v) is 19.6. The van der Waals surface area contributed by atoms with Crippen molar-refractivity contribution in [2.75, 3.05) is 11.9 Å². The number of halogens is 3. The van der Waals surface area contributed by atoms with Crippen molar-refractivity contribution >= 4 is 35.5 Å². The Balaban J connectivity index is 1.25. The van der Waals surface area contributed by atoms with Gasteiger partial charge in [-0.15, -0.1) is 0 Å². The van der Waals surface area contributed by atoms with Crippen molar-refractivity contribution in [3.05, 3.63) is 137 Å². The number of amides is 3. The molecule has 4 saturated carbocycles. The fraction of sp³-hybridized carbons (Fsp3) is 0.442. The van der Waals surface area contributed by atoms with Gasteiger partial charge in [0, 0.05) is 17.6 Å². The minimum atomic E-state index is -5.29. The topological polar surface area (TPSA) is 205 Å². The van der Waals surface area contributed by atoms with Crippen molar-refractivity contribution in [1.82, 2.24) is 15.5 Å². The lowest BCUT2D eigenvalue weighted by Crippen LogP contribution is -2.73. The first kappa shape index (κ1) is 50.6. The Morgan fingerprint density at radius 1 is 0.797 bits per heavy atom. The van der Waals surface area contributed by atoms with E-state index in [1.54, 1.807) is 112 Å². The summed E-state index contributed by atoms with van der Waals surface area (Å²) in [7, 11) is 0. The summed E-state index contributed by atoms with van der Waals surface area (Å²) >= 11 is 0. The van der Waals surface area contributed by atoms with Crippen LogP contribution in [0.25, 0.3) is 0 Å². The summed E-state index contributed by atoms with van der Waals surface area (Å²) in [6, 6.07) is 28.0. The molecule has 8 rings (SSSR count). The summed E-state index contributed by atoms with van der Waals surface area (Å²) in [5, 5.41) is 27.1. The highest BCUT2D eigenvalue weighted by molar-refractivity contribution is 6.01. The number of anilines is 1. The lowest BCUT2D eigenvalue weighted by molar-refractivity contribution is -0.271. The van der Waals surface area contributed by atoms with Gasteiger partial charge >= 0.3 is 18.2 Å². The quantitative estimate of drug-likeness (QED) is 0.0263. The summed E-state index contributed by atoms with van der Waals surface area (Å²) in [6.45, 7) is 4.26. The molecule has 4 aromatic rings. The Hall–Kier alpha value is -6.30. The summed E-state index contributed by atoms with van der Waals surface area (Å²) < 4.78 is 63.1. The maximum absolute atomic E-state index is 15.7. The molecule has 4 bridgehead atoms. The van der Waals surface area contributed by atoms with Crippen LogP contribution in [0.15, 0.2) is 109 Å². The van der Waals surface area contributed by atoms with Gasteiger partial charge in [-0.05, 0) is 118 Å². The standard InChI is InChI=1S/C52H61F3N6O8/c1-49(2,3)61(43(62)30-56)51(29-33-13-7-4-8-14-33,69-50-26-36-21-37(27-50)23-38(22-36)28-50)46(65)59-42(44(63)52(53,54)55)24-39-19-20-40(25-41(39)45(64)67-31-34-15-9-5-10-16-34)58-47(57)60-48(66)68-32-35-17-11-6-12-18-35/h4-20,25,36-38,42,44,63H,21-24,26-32,56H2,1-3H3,(H,59,65)(H3,57,58,60,66)/t36?,37?,38?,42?,44?,50?,51-/m1/s1. The molecule has 69 heavy (non-hydrogen) atoms. The highest BCUT2D eigenvalue weighted by atomic mass is 19.4. The van der Waals surface area contributed by atoms with Crippen molar-refractivity contribution in [1.29, 1.82) is 5.41 Å². The normalized spacial score (nSPS) is 21.2. The van der Waals surface area contributed by atoms with Crippen LogP contribution >= 0.6 is 0 Å². The third-order valence-corrected chi connectivity index (χ3v) is 13.2. The molecule has 0 saturated heterocycles. The van der Waals surface area contributed by atoms with Crippen LogP contribution in [0.4, 0.5) is 23.7 Å². The largest absolute Gasteiger partial charge is 0.457 e. The van der Waals surface area contributed by atoms with E-state index in [2.05, 4.69) is 16.0 Å². The molecule has 17 heteroatoms. The van der Waals surface area contributed by atoms with E-state index in [0.29, 0.717) is 53.7 Å². The van der Waals surface area contributed by atoms with E-state index in [4.69, 9.17) is 25.4 Å². The van der Waals surface area contributed by atoms with Gasteiger partial charge in [-0.25, -0.2) is 9.59 Å². The smallest absolute Gasteiger partial charge is 0.416 e. The molecule has 0 heterocycles. The molecule has 14 nitrogen and oxygen atoms in total. The van der Waals surface area contributed by atoms with Crippen LogP contribution in [0.1, 0.15) is 91.9 Å². The third-order valence-electron chi connectivity index (χ3n) is 13.2. The van der Waals surface area contributed by atoms with E-state index >= 15 is 4.79 Å². The van der Waals surface area contributed by atoms with Crippen LogP contribution in [-0.2, 0) is 49.9 Å². The van der Waals surface area contributed by atoms with Crippen molar-refractivity contribution in [3.63, 3.8) is 0 Å². The third kappa shape index (κ3) is 12.5. The lowest BCUT2D eigenvalue weighted by atomic mass is 9.54. The Labute approximate surface area is 400 Å². The number of carbonyl (C=O) groups excluding carboxylic acids is 4. The summed E-state index contributed by atoms with van der Waals surface area (Å²) in [4.78, 5) is 57.8. The number of aliphatic hydroxyl groups is 1. The molecule has 7 N–H and O–H groups in total. The first-order chi connectivity index (χ1) is 32.8. The number of carbonyl (C=O) groups is 4. The van der Waals surface area contributed by atoms with Crippen LogP contribution < -0.4 is 21.7 Å². The molecule has 4 aliphatic carbocycles. The molecule has 368 valence electrons. The number of esters is 1. The molecular formula is C52H61F3N6O8. The average molecular weight is 955 g/mol. The van der Waals surface area contributed by atoms with Gasteiger partial charge in [0.2, 0.25) is 17.6 Å². The van der Waals surface area contributed by atoms with E-state index < -0.39 is 78.0 Å². The number of benzene rings is 4. The lowest BCUT2D eigenvalue weighted by Gasteiger charge is -2.60. The second kappa shape index (κ2) is 21.1. The molecule has 4 aliphatic rings. The molecule has 0 aliphatic heterocycles. The highest BCUT2D eigenvalue weighted by Gasteiger charge is 2.61. The summed E-state index contributed by atoms with van der Waals surface area (Å²) in [5.74, 6) is -2.36. The minimum Gasteiger partial charge on any atom is -0.457 e. The van der Waals surface area contributed by atoms with Crippen molar-refractivity contribution in [3.8, 4) is 0 Å². The molecule has 0 spiro atoms. The number of guanidine groups is 1. The molecule has 4 aromatic carbocycles. The number of rotatable bonds is 17. The summed E-state index contributed by atoms with van der Waals surface area (Å²) in [5.41, 5.74) is 3.32. The van der Waals surface area contributed by atoms with E-state index in [9.17, 15) is 32.7 Å². The molecule has 0 aromatic heterocycles. The minimum absolute atomic E-state index is 0.0580. The van der Waals surface area contributed by atoms with Crippen molar-refractivity contribution < 1.29 is 51.7 Å². The SMILES string of the molecule is CC(C)(C)N(C(=O)CN)[C@](Cc1ccccc1)(OC12CC3CC(CC(C3)C1)C2)C(=O)NC(Cc1ccc(NC(=N)NC(=O)OCc2ccccc2)cc1C(=O)OCc1ccccc1)C(O)C(F)(F)F. The molecule has 0 radical (unpaired) electrons. The van der Waals surface area contributed by atoms with E-state index in [1.165, 1.54) is 23.1 Å². The zero-order valence-electron chi connectivity index (χ0n) is 39.0. The zero-order valence-corrected chi connectivity index (χ0v) is 39.0. The second-order valence-electron chi connectivity index (χ2n) is 19.6. The van der Waals surface area contributed by atoms with Crippen LogP contribution in [0.5, 0.6) is 0 Å². The van der Waals surface area contributed by atoms with E-state index in [-0.39, 0.29) is 36.4 Å². The number of ether oxygens (including phenoxy) is 3. The number of alkyl halides is 3. The predicted octanol–water partition coefficient (Wildman–Crippen LogP) is 7.78. The fourth-order valence-electron chi connectivity index (χ4n) is 10.8. The molecular weight excluding hydrogens is 894 g/mol. The monoisotopic (exact) mass is 954 g/mol. The number of aliphatic hydroxyl groups excluding tert-OH is 1. The first-order valence-corrected chi connectivity index (χ1v) is 23.3. The highest BCUT2D eigenvalue weighted by Crippen LogP contribution is 2.58. The van der Waals surface area contributed by atoms with Gasteiger partial charge in [-0.1, -0.05) is 97.1 Å². The molecule has 2 unspecified atom stereocenters. The maximum Gasteiger partial charge on any atom is 0.416 e. The van der Waals surface area contributed by atoms with Gasteiger partial charge in [0.05, 0.1) is 23.8 Å².